The van der Waals surface area contributed by atoms with Gasteiger partial charge in [0.2, 0.25) is 0 Å². The molecule has 0 saturated heterocycles. The third-order valence-corrected chi connectivity index (χ3v) is 1.53. The highest BCUT2D eigenvalue weighted by Crippen LogP contribution is 1.93. The highest BCUT2D eigenvalue weighted by atomic mass is 32.2. The van der Waals surface area contributed by atoms with Crippen LogP contribution < -0.4 is 0 Å². The lowest BCUT2D eigenvalue weighted by Gasteiger charge is -1.89. The van der Waals surface area contributed by atoms with Gasteiger partial charge in [-0.15, -0.1) is 0 Å². The van der Waals surface area contributed by atoms with E-state index in [2.05, 4.69) is 6.58 Å². The Kier molecular flexibility index (Phi) is 3.32. The molecule has 0 rings (SSSR count). The summed E-state index contributed by atoms with van der Waals surface area (Å²) in [6.45, 7) is 5.12. The van der Waals surface area contributed by atoms with E-state index in [0.29, 0.717) is 0 Å². The van der Waals surface area contributed by atoms with E-state index in [0.717, 1.165) is 5.57 Å². The third-order valence-electron chi connectivity index (χ3n) is 0.938. The molecule has 0 fully saturated rings. The molecule has 4 heteroatoms. The molecule has 0 saturated carbocycles. The van der Waals surface area contributed by atoms with Crippen molar-refractivity contribution in [1.29, 1.82) is 0 Å². The fraction of sp³-hybridized carbons (Fsp3) is 0.333. The van der Waals surface area contributed by atoms with Gasteiger partial charge in [-0.25, -0.2) is 0 Å². The highest BCUT2D eigenvalue weighted by Gasteiger charge is 1.98. The molecule has 0 aliphatic carbocycles. The molecule has 1 N–H and O–H groups in total. The molecule has 0 aliphatic heterocycles. The highest BCUT2D eigenvalue weighted by molar-refractivity contribution is 7.85. The van der Waals surface area contributed by atoms with Gasteiger partial charge in [-0.05, 0) is 6.92 Å². The molecule has 0 aromatic carbocycles. The maximum absolute atomic E-state index is 10.1. The van der Waals surface area contributed by atoms with Crippen molar-refractivity contribution in [2.24, 2.45) is 0 Å². The molecule has 0 amide bonds. The second-order valence-electron chi connectivity index (χ2n) is 1.90. The van der Waals surface area contributed by atoms with Crippen LogP contribution in [-0.2, 0) is 10.1 Å². The quantitative estimate of drug-likeness (QED) is 0.497. The number of hydrogen-bond acceptors (Lipinski definition) is 2. The summed E-state index contributed by atoms with van der Waals surface area (Å²) in [5.74, 6) is -0.342. The molecule has 0 bridgehead atoms. The van der Waals surface area contributed by atoms with E-state index in [4.69, 9.17) is 4.55 Å². The average molecular weight is 162 g/mol. The molecule has 0 spiro atoms. The minimum atomic E-state index is -3.85. The number of hydrogen-bond donors (Lipinski definition) is 1. The van der Waals surface area contributed by atoms with Crippen LogP contribution in [0.1, 0.15) is 6.92 Å². The van der Waals surface area contributed by atoms with E-state index in [1.165, 1.54) is 12.2 Å². The first-order chi connectivity index (χ1) is 4.45. The summed E-state index contributed by atoms with van der Waals surface area (Å²) in [5.41, 5.74) is 0.734. The lowest BCUT2D eigenvalue weighted by molar-refractivity contribution is 0.486. The number of allylic oxidation sites excluding steroid dienone is 2. The van der Waals surface area contributed by atoms with Gasteiger partial charge in [0, 0.05) is 0 Å². The van der Waals surface area contributed by atoms with Crippen LogP contribution in [0.25, 0.3) is 0 Å². The van der Waals surface area contributed by atoms with Crippen molar-refractivity contribution >= 4 is 10.1 Å². The fourth-order valence-electron chi connectivity index (χ4n) is 0.320. The van der Waals surface area contributed by atoms with Gasteiger partial charge in [-0.2, -0.15) is 8.42 Å². The summed E-state index contributed by atoms with van der Waals surface area (Å²) in [6.07, 6.45) is 2.91. The summed E-state index contributed by atoms with van der Waals surface area (Å²) in [7, 11) is -3.85. The topological polar surface area (TPSA) is 54.4 Å². The Bertz CT molecular complexity index is 236. The van der Waals surface area contributed by atoms with Crippen LogP contribution >= 0.6 is 0 Å². The van der Waals surface area contributed by atoms with Crippen LogP contribution in [-0.4, -0.2) is 18.7 Å². The molecule has 10 heavy (non-hydrogen) atoms. The Morgan fingerprint density at radius 1 is 1.70 bits per heavy atom. The molecule has 0 aromatic rings. The zero-order chi connectivity index (χ0) is 8.20. The second kappa shape index (κ2) is 3.53. The van der Waals surface area contributed by atoms with Crippen molar-refractivity contribution in [3.63, 3.8) is 0 Å². The smallest absolute Gasteiger partial charge is 0.268 e. The summed E-state index contributed by atoms with van der Waals surface area (Å²) in [4.78, 5) is 0. The predicted octanol–water partition coefficient (Wildman–Crippen LogP) is 1.01. The van der Waals surface area contributed by atoms with E-state index in [1.54, 1.807) is 6.92 Å². The summed E-state index contributed by atoms with van der Waals surface area (Å²) in [5, 5.41) is 0. The van der Waals surface area contributed by atoms with E-state index in [9.17, 15) is 8.42 Å². The van der Waals surface area contributed by atoms with Gasteiger partial charge >= 0.3 is 0 Å². The molecule has 0 aromatic heterocycles. The first kappa shape index (κ1) is 9.39. The zero-order valence-electron chi connectivity index (χ0n) is 5.74. The Labute approximate surface area is 60.8 Å². The van der Waals surface area contributed by atoms with Gasteiger partial charge in [-0.3, -0.25) is 4.55 Å². The standard InChI is InChI=1S/C6H10O3S/c1-3-6(2)4-5-10(7,8)9/h3-4H,1,5H2,2H3,(H,7,8,9)/b6-4+. The van der Waals surface area contributed by atoms with Crippen LogP contribution in [0.4, 0.5) is 0 Å². The van der Waals surface area contributed by atoms with Crippen LogP contribution in [0.5, 0.6) is 0 Å². The Balaban J connectivity index is 4.10. The van der Waals surface area contributed by atoms with Gasteiger partial charge in [0.15, 0.2) is 0 Å². The van der Waals surface area contributed by atoms with Gasteiger partial charge in [0.05, 0.1) is 5.75 Å². The molecule has 0 aliphatic rings. The lowest BCUT2D eigenvalue weighted by Crippen LogP contribution is -2.00. The summed E-state index contributed by atoms with van der Waals surface area (Å²) < 4.78 is 28.5. The van der Waals surface area contributed by atoms with Crippen LogP contribution in [0, 0.1) is 0 Å². The molecular weight excluding hydrogens is 152 g/mol. The van der Waals surface area contributed by atoms with Crippen LogP contribution in [0.15, 0.2) is 24.3 Å². The SMILES string of the molecule is C=C/C(C)=C/CS(=O)(=O)O. The maximum atomic E-state index is 10.1. The van der Waals surface area contributed by atoms with E-state index in [-0.39, 0.29) is 5.75 Å². The van der Waals surface area contributed by atoms with E-state index >= 15 is 0 Å². The molecular formula is C6H10O3S. The molecule has 58 valence electrons. The van der Waals surface area contributed by atoms with E-state index < -0.39 is 10.1 Å². The van der Waals surface area contributed by atoms with Gasteiger partial charge < -0.3 is 0 Å². The average Bonchev–Trinajstić information content (AvgIpc) is 1.81. The van der Waals surface area contributed by atoms with Gasteiger partial charge in [0.25, 0.3) is 10.1 Å². The second-order valence-corrected chi connectivity index (χ2v) is 3.40. The normalized spacial score (nSPS) is 13.2. The summed E-state index contributed by atoms with van der Waals surface area (Å²) in [6, 6.07) is 0. The van der Waals surface area contributed by atoms with Gasteiger partial charge in [0.1, 0.15) is 0 Å². The molecule has 3 nitrogen and oxygen atoms in total. The van der Waals surface area contributed by atoms with Crippen molar-refractivity contribution in [3.8, 4) is 0 Å². The largest absolute Gasteiger partial charge is 0.285 e. The minimum Gasteiger partial charge on any atom is -0.285 e. The first-order valence-corrected chi connectivity index (χ1v) is 4.31. The molecule has 0 unspecified atom stereocenters. The monoisotopic (exact) mass is 162 g/mol. The Hall–Kier alpha value is -0.610. The maximum Gasteiger partial charge on any atom is 0.268 e. The lowest BCUT2D eigenvalue weighted by atomic mass is 10.3. The summed E-state index contributed by atoms with van der Waals surface area (Å²) >= 11 is 0. The van der Waals surface area contributed by atoms with Crippen molar-refractivity contribution in [1.82, 2.24) is 0 Å². The Morgan fingerprint density at radius 2 is 2.20 bits per heavy atom. The Morgan fingerprint density at radius 3 is 2.50 bits per heavy atom. The van der Waals surface area contributed by atoms with Crippen molar-refractivity contribution in [3.05, 3.63) is 24.3 Å². The van der Waals surface area contributed by atoms with Crippen LogP contribution in [0.2, 0.25) is 0 Å². The zero-order valence-corrected chi connectivity index (χ0v) is 6.56. The fourth-order valence-corrected chi connectivity index (χ4v) is 0.794. The molecule has 0 heterocycles. The molecule has 0 radical (unpaired) electrons. The molecule has 0 atom stereocenters. The van der Waals surface area contributed by atoms with Crippen molar-refractivity contribution < 1.29 is 13.0 Å². The van der Waals surface area contributed by atoms with Crippen molar-refractivity contribution in [2.45, 2.75) is 6.92 Å². The number of rotatable bonds is 3. The van der Waals surface area contributed by atoms with Crippen molar-refractivity contribution in [2.75, 3.05) is 5.75 Å². The third kappa shape index (κ3) is 5.53. The minimum absolute atomic E-state index is 0.342. The van der Waals surface area contributed by atoms with E-state index in [1.807, 2.05) is 0 Å². The first-order valence-electron chi connectivity index (χ1n) is 2.70. The van der Waals surface area contributed by atoms with Crippen LogP contribution in [0.3, 0.4) is 0 Å². The van der Waals surface area contributed by atoms with Gasteiger partial charge in [-0.1, -0.05) is 24.3 Å². The predicted molar refractivity (Wildman–Crippen MR) is 40.4 cm³/mol.